The lowest BCUT2D eigenvalue weighted by atomic mass is 9.69. The second-order valence-electron chi connectivity index (χ2n) is 15.8. The minimum atomic E-state index is -0.956. The molecule has 0 aliphatic rings. The van der Waals surface area contributed by atoms with E-state index in [0.29, 0.717) is 6.61 Å². The van der Waals surface area contributed by atoms with Crippen molar-refractivity contribution in [2.75, 3.05) is 0 Å². The van der Waals surface area contributed by atoms with Crippen LogP contribution in [0.1, 0.15) is 136 Å². The third-order valence-electron chi connectivity index (χ3n) is 8.98. The number of hydrogen-bond acceptors (Lipinski definition) is 5. The Hall–Kier alpha value is -1.23. The number of thiophene rings is 1. The van der Waals surface area contributed by atoms with E-state index in [1.54, 1.807) is 11.3 Å². The Morgan fingerprint density at radius 3 is 1.82 bits per heavy atom. The van der Waals surface area contributed by atoms with Gasteiger partial charge < -0.3 is 18.7 Å². The van der Waals surface area contributed by atoms with Gasteiger partial charge in [0, 0.05) is 4.88 Å². The number of benzene rings is 1. The molecule has 1 heterocycles. The lowest BCUT2D eigenvalue weighted by Crippen LogP contribution is -2.43. The van der Waals surface area contributed by atoms with E-state index in [4.69, 9.17) is 13.6 Å². The van der Waals surface area contributed by atoms with Crippen LogP contribution in [-0.4, -0.2) is 28.8 Å². The number of rotatable bonds is 16. The molecule has 4 nitrogen and oxygen atoms in total. The zero-order chi connectivity index (χ0) is 34.4. The molecule has 0 fully saturated rings. The van der Waals surface area contributed by atoms with E-state index in [1.807, 2.05) is 0 Å². The van der Waals surface area contributed by atoms with E-state index in [-0.39, 0.29) is 28.5 Å². The van der Waals surface area contributed by atoms with Gasteiger partial charge in [-0.25, -0.2) is 0 Å². The highest BCUT2D eigenvalue weighted by atomic mass is 32.1. The Balaban J connectivity index is 2.42. The number of aliphatic hydroxyl groups is 1. The number of hydrogen-bond donors (Lipinski definition) is 1. The van der Waals surface area contributed by atoms with Crippen LogP contribution in [0.15, 0.2) is 35.7 Å². The fourth-order valence-corrected chi connectivity index (χ4v) is 8.74. The van der Waals surface area contributed by atoms with Gasteiger partial charge in [0.05, 0.1) is 17.8 Å². The Kier molecular flexibility index (Phi) is 14.4. The van der Waals surface area contributed by atoms with E-state index in [9.17, 15) is 5.11 Å². The first kappa shape index (κ1) is 40.0. The number of allylic oxidation sites excluding steroid dienone is 2. The van der Waals surface area contributed by atoms with Crippen LogP contribution >= 0.6 is 11.3 Å². The number of ether oxygens (including phenoxy) is 1. The monoisotopic (exact) mass is 672 g/mol. The maximum Gasteiger partial charge on any atom is 0.205 e. The predicted molar refractivity (Wildman–Crippen MR) is 199 cm³/mol. The van der Waals surface area contributed by atoms with Gasteiger partial charge in [-0.05, 0) is 114 Å². The Morgan fingerprint density at radius 2 is 1.36 bits per heavy atom. The van der Waals surface area contributed by atoms with E-state index in [1.165, 1.54) is 27.1 Å². The van der Waals surface area contributed by atoms with Crippen molar-refractivity contribution in [2.24, 2.45) is 16.2 Å². The summed E-state index contributed by atoms with van der Waals surface area (Å²) in [5.74, 6) is 0.861. The predicted octanol–water partition coefficient (Wildman–Crippen LogP) is 11.8. The van der Waals surface area contributed by atoms with E-state index >= 15 is 0 Å². The first-order valence-electron chi connectivity index (χ1n) is 16.9. The average Bonchev–Trinajstić information content (AvgIpc) is 3.40. The largest absolute Gasteiger partial charge is 0.488 e. The van der Waals surface area contributed by atoms with Gasteiger partial charge in [0.1, 0.15) is 12.4 Å². The summed E-state index contributed by atoms with van der Waals surface area (Å²) in [6, 6.07) is 8.82. The van der Waals surface area contributed by atoms with Crippen LogP contribution in [0.4, 0.5) is 0 Å². The average molecular weight is 673 g/mol. The van der Waals surface area contributed by atoms with Crippen molar-refractivity contribution in [3.8, 4) is 5.75 Å². The van der Waals surface area contributed by atoms with Crippen molar-refractivity contribution in [3.63, 3.8) is 0 Å². The smallest absolute Gasteiger partial charge is 0.205 e. The molecule has 254 valence electrons. The first-order chi connectivity index (χ1) is 20.7. The minimum Gasteiger partial charge on any atom is -0.488 e. The second kappa shape index (κ2) is 16.3. The molecule has 0 saturated carbocycles. The molecule has 2 unspecified atom stereocenters. The highest BCUT2D eigenvalue weighted by Crippen LogP contribution is 2.46. The van der Waals surface area contributed by atoms with Gasteiger partial charge in [-0.1, -0.05) is 88.3 Å². The lowest BCUT2D eigenvalue weighted by molar-refractivity contribution is -0.0716. The van der Waals surface area contributed by atoms with Crippen molar-refractivity contribution in [2.45, 2.75) is 152 Å². The summed E-state index contributed by atoms with van der Waals surface area (Å²) in [6.45, 7) is 33.7. The van der Waals surface area contributed by atoms with E-state index in [2.05, 4.69) is 138 Å². The van der Waals surface area contributed by atoms with Crippen molar-refractivity contribution >= 4 is 35.0 Å². The van der Waals surface area contributed by atoms with Crippen LogP contribution in [0.5, 0.6) is 5.75 Å². The third-order valence-corrected chi connectivity index (χ3v) is 11.3. The fraction of sp³-hybridized carbons (Fsp3) is 0.684. The maximum absolute atomic E-state index is 11.2. The van der Waals surface area contributed by atoms with E-state index < -0.39 is 23.7 Å². The SMILES string of the molecule is CCC(=CCC(C)(C)C(O)(CC)CC)c1csc(COc2ccc(C(O[Si](C)C)C(C)(C)C)c(C(O[Si](C)C)C(C)(C)C)c2)c1. The van der Waals surface area contributed by atoms with Crippen LogP contribution in [0.3, 0.4) is 0 Å². The zero-order valence-corrected chi connectivity index (χ0v) is 34.1. The highest BCUT2D eigenvalue weighted by Gasteiger charge is 2.40. The topological polar surface area (TPSA) is 47.9 Å². The Bertz CT molecular complexity index is 1230. The Labute approximate surface area is 284 Å². The third kappa shape index (κ3) is 10.9. The quantitative estimate of drug-likeness (QED) is 0.180. The summed E-state index contributed by atoms with van der Waals surface area (Å²) in [5, 5.41) is 13.5. The minimum absolute atomic E-state index is 0.0296. The van der Waals surface area contributed by atoms with Crippen molar-refractivity contribution in [1.29, 1.82) is 0 Å². The summed E-state index contributed by atoms with van der Waals surface area (Å²) in [4.78, 5) is 1.20. The fourth-order valence-electron chi connectivity index (χ4n) is 6.01. The normalized spacial score (nSPS) is 15.2. The zero-order valence-electron chi connectivity index (χ0n) is 31.2. The second-order valence-corrected chi connectivity index (χ2v) is 20.9. The maximum atomic E-state index is 11.2. The molecular formula is C38H64O4SSi2. The van der Waals surface area contributed by atoms with Crippen molar-refractivity contribution < 1.29 is 18.7 Å². The molecule has 7 heteroatoms. The molecule has 0 spiro atoms. The highest BCUT2D eigenvalue weighted by molar-refractivity contribution is 7.10. The molecule has 0 amide bonds. The van der Waals surface area contributed by atoms with Crippen molar-refractivity contribution in [3.05, 3.63) is 57.3 Å². The molecule has 0 saturated heterocycles. The molecule has 2 rings (SSSR count). The van der Waals surface area contributed by atoms with Crippen LogP contribution in [0.2, 0.25) is 26.2 Å². The molecule has 1 N–H and O–H groups in total. The van der Waals surface area contributed by atoms with Gasteiger partial charge in [0.15, 0.2) is 0 Å². The summed E-state index contributed by atoms with van der Waals surface area (Å²) in [7, 11) is -1.88. The summed E-state index contributed by atoms with van der Waals surface area (Å²) >= 11 is 1.75. The van der Waals surface area contributed by atoms with Gasteiger partial charge >= 0.3 is 0 Å². The van der Waals surface area contributed by atoms with Crippen LogP contribution in [-0.2, 0) is 15.5 Å². The van der Waals surface area contributed by atoms with Gasteiger partial charge in [-0.2, -0.15) is 0 Å². The van der Waals surface area contributed by atoms with Gasteiger partial charge in [-0.15, -0.1) is 11.3 Å². The molecule has 2 radical (unpaired) electrons. The van der Waals surface area contributed by atoms with Gasteiger partial charge in [0.2, 0.25) is 18.1 Å². The Morgan fingerprint density at radius 1 is 0.822 bits per heavy atom. The molecule has 0 aliphatic heterocycles. The first-order valence-corrected chi connectivity index (χ1v) is 22.6. The molecule has 2 atom stereocenters. The van der Waals surface area contributed by atoms with Crippen LogP contribution < -0.4 is 4.74 Å². The molecular weight excluding hydrogens is 609 g/mol. The van der Waals surface area contributed by atoms with Crippen molar-refractivity contribution in [1.82, 2.24) is 0 Å². The summed E-state index contributed by atoms with van der Waals surface area (Å²) in [6.07, 6.45) is 5.57. The van der Waals surface area contributed by atoms with Gasteiger partial charge in [0.25, 0.3) is 0 Å². The molecule has 0 bridgehead atoms. The molecule has 45 heavy (non-hydrogen) atoms. The molecule has 2 aromatic rings. The summed E-state index contributed by atoms with van der Waals surface area (Å²) < 4.78 is 19.9. The summed E-state index contributed by atoms with van der Waals surface area (Å²) in [5.41, 5.74) is 3.97. The molecule has 1 aromatic heterocycles. The molecule has 0 aliphatic carbocycles. The standard InChI is InChI=1S/C38H64O4SSi2/c1-16-27(21-22-37(10,11)38(39,17-2)18-3)28-23-30(43-26-28)25-40-29-19-20-31(33(35(4,5)6)41-44(12)13)32(24-29)34(36(7,8)9)42-45(14)15/h19-21,23-24,26,33-34,39H,16-18,22,25H2,1-15H3. The molecule has 1 aromatic carbocycles. The lowest BCUT2D eigenvalue weighted by Gasteiger charge is -2.41. The van der Waals surface area contributed by atoms with E-state index in [0.717, 1.165) is 31.4 Å². The van der Waals surface area contributed by atoms with Crippen LogP contribution in [0, 0.1) is 16.2 Å². The van der Waals surface area contributed by atoms with Crippen LogP contribution in [0.25, 0.3) is 5.57 Å². The van der Waals surface area contributed by atoms with Gasteiger partial charge in [-0.3, -0.25) is 0 Å².